The summed E-state index contributed by atoms with van der Waals surface area (Å²) in [6.45, 7) is 0.917. The van der Waals surface area contributed by atoms with Crippen molar-refractivity contribution in [3.63, 3.8) is 0 Å². The van der Waals surface area contributed by atoms with E-state index < -0.39 is 0 Å². The molecule has 0 aliphatic heterocycles. The van der Waals surface area contributed by atoms with Crippen LogP contribution in [0.25, 0.3) is 0 Å². The lowest BCUT2D eigenvalue weighted by Gasteiger charge is -2.15. The third-order valence-electron chi connectivity index (χ3n) is 4.06. The van der Waals surface area contributed by atoms with Crippen LogP contribution in [0.3, 0.4) is 0 Å². The standard InChI is InChI=1S/C15H31N/c16-14-15-12-10-8-6-4-2-1-3-5-7-9-11-13-15/h15H,1-14,16H2. The van der Waals surface area contributed by atoms with E-state index in [0.29, 0.717) is 0 Å². The summed E-state index contributed by atoms with van der Waals surface area (Å²) < 4.78 is 0. The first-order valence-electron chi connectivity index (χ1n) is 7.63. The average Bonchev–Trinajstić information content (AvgIpc) is 2.32. The fourth-order valence-electron chi connectivity index (χ4n) is 2.84. The second kappa shape index (κ2) is 10.1. The van der Waals surface area contributed by atoms with E-state index in [1.54, 1.807) is 0 Å². The first-order chi connectivity index (χ1) is 7.93. The predicted molar refractivity (Wildman–Crippen MR) is 72.6 cm³/mol. The summed E-state index contributed by atoms with van der Waals surface area (Å²) >= 11 is 0. The van der Waals surface area contributed by atoms with E-state index in [1.807, 2.05) is 0 Å². The molecule has 0 heterocycles. The Balaban J connectivity index is 2.16. The maximum absolute atomic E-state index is 5.84. The van der Waals surface area contributed by atoms with Crippen LogP contribution in [0.2, 0.25) is 0 Å². The Labute approximate surface area is 102 Å². The Bertz CT molecular complexity index is 130. The van der Waals surface area contributed by atoms with Crippen molar-refractivity contribution in [2.24, 2.45) is 11.7 Å². The van der Waals surface area contributed by atoms with Crippen molar-refractivity contribution in [2.45, 2.75) is 83.5 Å². The smallest absolute Gasteiger partial charge is 0.00489 e. The lowest BCUT2D eigenvalue weighted by Crippen LogP contribution is -2.14. The quantitative estimate of drug-likeness (QED) is 0.691. The largest absolute Gasteiger partial charge is 0.330 e. The lowest BCUT2D eigenvalue weighted by atomic mass is 9.93. The summed E-state index contributed by atoms with van der Waals surface area (Å²) in [4.78, 5) is 0. The van der Waals surface area contributed by atoms with Gasteiger partial charge in [-0.15, -0.1) is 0 Å². The van der Waals surface area contributed by atoms with Crippen molar-refractivity contribution >= 4 is 0 Å². The molecule has 1 aliphatic rings. The molecule has 0 unspecified atom stereocenters. The molecule has 1 heteroatoms. The topological polar surface area (TPSA) is 26.0 Å². The third-order valence-corrected chi connectivity index (χ3v) is 4.06. The molecule has 96 valence electrons. The van der Waals surface area contributed by atoms with Gasteiger partial charge < -0.3 is 5.73 Å². The second-order valence-electron chi connectivity index (χ2n) is 5.57. The van der Waals surface area contributed by atoms with Crippen LogP contribution in [0.4, 0.5) is 0 Å². The first-order valence-corrected chi connectivity index (χ1v) is 7.63. The highest BCUT2D eigenvalue weighted by molar-refractivity contribution is 4.61. The molecule has 16 heavy (non-hydrogen) atoms. The van der Waals surface area contributed by atoms with Crippen LogP contribution in [0.15, 0.2) is 0 Å². The van der Waals surface area contributed by atoms with E-state index >= 15 is 0 Å². The van der Waals surface area contributed by atoms with Gasteiger partial charge in [0.25, 0.3) is 0 Å². The molecule has 1 rings (SSSR count). The van der Waals surface area contributed by atoms with Crippen LogP contribution < -0.4 is 5.73 Å². The molecular formula is C15H31N. The zero-order valence-electron chi connectivity index (χ0n) is 11.1. The van der Waals surface area contributed by atoms with E-state index in [2.05, 4.69) is 0 Å². The van der Waals surface area contributed by atoms with Crippen LogP contribution in [-0.4, -0.2) is 6.54 Å². The van der Waals surface area contributed by atoms with Gasteiger partial charge in [0.15, 0.2) is 0 Å². The fraction of sp³-hybridized carbons (Fsp3) is 1.00. The molecule has 0 atom stereocenters. The van der Waals surface area contributed by atoms with Crippen molar-refractivity contribution in [1.82, 2.24) is 0 Å². The van der Waals surface area contributed by atoms with Gasteiger partial charge in [-0.05, 0) is 25.3 Å². The summed E-state index contributed by atoms with van der Waals surface area (Å²) in [5, 5.41) is 0. The van der Waals surface area contributed by atoms with E-state index in [1.165, 1.54) is 83.5 Å². The highest BCUT2D eigenvalue weighted by Gasteiger charge is 2.06. The second-order valence-corrected chi connectivity index (χ2v) is 5.57. The molecule has 0 aromatic carbocycles. The van der Waals surface area contributed by atoms with E-state index in [9.17, 15) is 0 Å². The number of nitrogens with two attached hydrogens (primary N) is 1. The minimum Gasteiger partial charge on any atom is -0.330 e. The van der Waals surface area contributed by atoms with Gasteiger partial charge in [0.05, 0.1) is 0 Å². The van der Waals surface area contributed by atoms with Crippen LogP contribution in [-0.2, 0) is 0 Å². The van der Waals surface area contributed by atoms with Gasteiger partial charge in [-0.3, -0.25) is 0 Å². The van der Waals surface area contributed by atoms with E-state index in [4.69, 9.17) is 5.73 Å². The van der Waals surface area contributed by atoms with Gasteiger partial charge in [-0.25, -0.2) is 0 Å². The first kappa shape index (κ1) is 14.0. The van der Waals surface area contributed by atoms with Crippen molar-refractivity contribution in [1.29, 1.82) is 0 Å². The summed E-state index contributed by atoms with van der Waals surface area (Å²) in [5.74, 6) is 0.822. The van der Waals surface area contributed by atoms with E-state index in [-0.39, 0.29) is 0 Å². The molecule has 1 nitrogen and oxygen atoms in total. The van der Waals surface area contributed by atoms with Crippen molar-refractivity contribution in [3.05, 3.63) is 0 Å². The third kappa shape index (κ3) is 7.27. The van der Waals surface area contributed by atoms with Crippen LogP contribution >= 0.6 is 0 Å². The Kier molecular flexibility index (Phi) is 8.88. The Morgan fingerprint density at radius 1 is 0.562 bits per heavy atom. The average molecular weight is 225 g/mol. The Morgan fingerprint density at radius 2 is 0.875 bits per heavy atom. The molecule has 0 aromatic heterocycles. The molecule has 1 saturated carbocycles. The van der Waals surface area contributed by atoms with Gasteiger partial charge in [0.1, 0.15) is 0 Å². The summed E-state index contributed by atoms with van der Waals surface area (Å²) in [7, 11) is 0. The molecule has 0 amide bonds. The zero-order valence-corrected chi connectivity index (χ0v) is 11.1. The maximum Gasteiger partial charge on any atom is -0.00489 e. The fourth-order valence-corrected chi connectivity index (χ4v) is 2.84. The van der Waals surface area contributed by atoms with Crippen LogP contribution in [0.1, 0.15) is 83.5 Å². The summed E-state index contributed by atoms with van der Waals surface area (Å²) in [5.41, 5.74) is 5.84. The molecule has 0 radical (unpaired) electrons. The number of hydrogen-bond acceptors (Lipinski definition) is 1. The van der Waals surface area contributed by atoms with Gasteiger partial charge in [0.2, 0.25) is 0 Å². The minimum atomic E-state index is 0.822. The predicted octanol–water partition coefficient (Wildman–Crippen LogP) is 4.65. The maximum atomic E-state index is 5.84. The Hall–Kier alpha value is -0.0400. The van der Waals surface area contributed by atoms with Gasteiger partial charge >= 0.3 is 0 Å². The van der Waals surface area contributed by atoms with Crippen LogP contribution in [0.5, 0.6) is 0 Å². The molecule has 1 fully saturated rings. The highest BCUT2D eigenvalue weighted by Crippen LogP contribution is 2.19. The molecular weight excluding hydrogens is 194 g/mol. The summed E-state index contributed by atoms with van der Waals surface area (Å²) in [6, 6.07) is 0. The molecule has 0 spiro atoms. The molecule has 2 N–H and O–H groups in total. The van der Waals surface area contributed by atoms with Gasteiger partial charge in [-0.1, -0.05) is 70.6 Å². The normalized spacial score (nSPS) is 23.8. The molecule has 0 bridgehead atoms. The van der Waals surface area contributed by atoms with Crippen molar-refractivity contribution in [3.8, 4) is 0 Å². The van der Waals surface area contributed by atoms with Crippen LogP contribution in [0, 0.1) is 5.92 Å². The van der Waals surface area contributed by atoms with Gasteiger partial charge in [0, 0.05) is 0 Å². The molecule has 1 aliphatic carbocycles. The summed E-state index contributed by atoms with van der Waals surface area (Å²) in [6.07, 6.45) is 18.8. The zero-order chi connectivity index (χ0) is 11.5. The number of rotatable bonds is 1. The molecule has 0 saturated heterocycles. The number of hydrogen-bond donors (Lipinski definition) is 1. The Morgan fingerprint density at radius 3 is 1.19 bits per heavy atom. The minimum absolute atomic E-state index is 0.822. The van der Waals surface area contributed by atoms with Crippen molar-refractivity contribution < 1.29 is 0 Å². The van der Waals surface area contributed by atoms with Gasteiger partial charge in [-0.2, -0.15) is 0 Å². The monoisotopic (exact) mass is 225 g/mol. The van der Waals surface area contributed by atoms with Crippen molar-refractivity contribution in [2.75, 3.05) is 6.54 Å². The van der Waals surface area contributed by atoms with E-state index in [0.717, 1.165) is 12.5 Å². The highest BCUT2D eigenvalue weighted by atomic mass is 14.5. The molecule has 0 aromatic rings. The SMILES string of the molecule is NCC1CCCCCCCCCCCCC1. The lowest BCUT2D eigenvalue weighted by molar-refractivity contribution is 0.405.